The number of unbranched alkanes of at least 4 members (excludes halogenated alkanes) is 34. The van der Waals surface area contributed by atoms with Crippen molar-refractivity contribution in [2.45, 2.75) is 271 Å². The van der Waals surface area contributed by atoms with Crippen molar-refractivity contribution in [3.8, 4) is 0 Å². The molecule has 2 amide bonds. The topological polar surface area (TPSA) is 164 Å². The number of hydrogen-bond donors (Lipinski definition) is 0. The van der Waals surface area contributed by atoms with E-state index in [2.05, 4.69) is 33.4 Å². The van der Waals surface area contributed by atoms with Crippen molar-refractivity contribution in [3.05, 3.63) is 0 Å². The van der Waals surface area contributed by atoms with Gasteiger partial charge >= 0.3 is 0 Å². The maximum Gasteiger partial charge on any atom is 0.222 e. The molecule has 3 aliphatic heterocycles. The fourth-order valence-electron chi connectivity index (χ4n) is 13.9. The number of hydrogen-bond acceptors (Lipinski definition) is 18. The molecule has 3 saturated heterocycles. The molecule has 3 fully saturated rings. The van der Waals surface area contributed by atoms with E-state index in [1.165, 1.54) is 205 Å². The monoisotopic (exact) mass is 1480 g/mol. The van der Waals surface area contributed by atoms with Crippen LogP contribution in [0.15, 0.2) is 0 Å². The lowest BCUT2D eigenvalue weighted by molar-refractivity contribution is -0.134. The largest absolute Gasteiger partial charge is 0.378 e. The molecule has 0 bridgehead atoms. The highest BCUT2D eigenvalue weighted by Gasteiger charge is 2.17. The second-order valence-electron chi connectivity index (χ2n) is 29.7. The van der Waals surface area contributed by atoms with E-state index in [0.717, 1.165) is 170 Å². The first-order chi connectivity index (χ1) is 51.6. The summed E-state index contributed by atoms with van der Waals surface area (Å²) in [6, 6.07) is 0. The van der Waals surface area contributed by atoms with Gasteiger partial charge in [0.1, 0.15) is 0 Å². The normalized spacial score (nSPS) is 19.4. The first-order valence-corrected chi connectivity index (χ1v) is 44.0. The Morgan fingerprint density at radius 3 is 0.500 bits per heavy atom. The van der Waals surface area contributed by atoms with Gasteiger partial charge < -0.3 is 66.6 Å². The molecule has 0 atom stereocenters. The smallest absolute Gasteiger partial charge is 0.222 e. The number of rotatable bonds is 46. The van der Waals surface area contributed by atoms with Gasteiger partial charge in [0.2, 0.25) is 11.8 Å². The highest BCUT2D eigenvalue weighted by Crippen LogP contribution is 2.17. The van der Waals surface area contributed by atoms with Crippen LogP contribution >= 0.6 is 0 Å². The van der Waals surface area contributed by atoms with Crippen LogP contribution in [0.1, 0.15) is 271 Å². The van der Waals surface area contributed by atoms with E-state index in [1.54, 1.807) is 0 Å². The standard InChI is InChI=1S/C84H166N6O14/c1-3-5-7-9-11-13-19-25-31-37-43-85-47-59-93-71-75-97-63-51-87(52-64-98-76-72-94-60-48-85)45-39-33-27-21-15-17-23-29-35-41-83(91)89-55-67-101-79-81-103-69-57-90(58-70-104-82-80-102-68-56-89)84(92)42-36-30-24-18-16-22-28-34-40-46-88-53-65-99-77-73-95-61-49-86(50-62-96-74-78-100-66-54-88)44-38-32-26-20-14-12-10-8-6-4-2/h3-82H2,1-2H3. The van der Waals surface area contributed by atoms with Crippen molar-refractivity contribution in [2.24, 2.45) is 0 Å². The van der Waals surface area contributed by atoms with E-state index in [1.807, 2.05) is 9.80 Å². The summed E-state index contributed by atoms with van der Waals surface area (Å²) in [6.45, 7) is 33.0. The molecule has 0 aromatic carbocycles. The molecule has 0 spiro atoms. The summed E-state index contributed by atoms with van der Waals surface area (Å²) in [5.41, 5.74) is 0. The van der Waals surface area contributed by atoms with Crippen molar-refractivity contribution in [1.82, 2.24) is 29.4 Å². The fourth-order valence-corrected chi connectivity index (χ4v) is 13.9. The van der Waals surface area contributed by atoms with Crippen LogP contribution in [0, 0.1) is 0 Å². The van der Waals surface area contributed by atoms with Gasteiger partial charge in [0.25, 0.3) is 0 Å². The Morgan fingerprint density at radius 2 is 0.327 bits per heavy atom. The predicted octanol–water partition coefficient (Wildman–Crippen LogP) is 14.7. The molecule has 3 rings (SSSR count). The van der Waals surface area contributed by atoms with Crippen molar-refractivity contribution in [3.63, 3.8) is 0 Å². The van der Waals surface area contributed by atoms with Gasteiger partial charge in [-0.25, -0.2) is 0 Å². The van der Waals surface area contributed by atoms with E-state index in [9.17, 15) is 9.59 Å². The zero-order chi connectivity index (χ0) is 73.7. The van der Waals surface area contributed by atoms with E-state index in [4.69, 9.17) is 56.8 Å². The Balaban J connectivity index is 1.15. The minimum Gasteiger partial charge on any atom is -0.378 e. The SMILES string of the molecule is CCCCCCCCCCCCN1CCOCCOCCN(CCCCCCCCCCCC(=O)N2CCOCCOCCN(C(=O)CCCCCCCCCCCN3CCOCCOCCN(CCCCCCCCCCCC)CCOCCOCC3)CCOCCOCC2)CCOCCOCC1. The number of amides is 2. The Hall–Kier alpha value is -1.70. The Kier molecular flexibility index (Phi) is 72.4. The quantitative estimate of drug-likeness (QED) is 0.0528. The molecule has 0 aromatic rings. The molecular weight excluding hydrogens is 1320 g/mol. The molecule has 20 nitrogen and oxygen atoms in total. The van der Waals surface area contributed by atoms with Crippen molar-refractivity contribution in [2.75, 3.05) is 263 Å². The van der Waals surface area contributed by atoms with Gasteiger partial charge in [0.05, 0.1) is 159 Å². The van der Waals surface area contributed by atoms with Gasteiger partial charge in [0, 0.05) is 91.4 Å². The molecule has 0 unspecified atom stereocenters. The zero-order valence-corrected chi connectivity index (χ0v) is 68.0. The van der Waals surface area contributed by atoms with Crippen molar-refractivity contribution >= 4 is 11.8 Å². The molecule has 0 aliphatic carbocycles. The highest BCUT2D eigenvalue weighted by molar-refractivity contribution is 5.76. The Bertz CT molecular complexity index is 1590. The molecule has 3 heterocycles. The predicted molar refractivity (Wildman–Crippen MR) is 425 cm³/mol. The van der Waals surface area contributed by atoms with Gasteiger partial charge in [-0.15, -0.1) is 0 Å². The lowest BCUT2D eigenvalue weighted by Crippen LogP contribution is -2.38. The minimum absolute atomic E-state index is 0.169. The summed E-state index contributed by atoms with van der Waals surface area (Å²) in [6.07, 6.45) is 49.4. The summed E-state index contributed by atoms with van der Waals surface area (Å²) in [7, 11) is 0. The van der Waals surface area contributed by atoms with E-state index in [-0.39, 0.29) is 11.8 Å². The molecule has 0 aromatic heterocycles. The molecule has 3 aliphatic rings. The first kappa shape index (κ1) is 96.5. The maximum atomic E-state index is 13.4. The summed E-state index contributed by atoms with van der Waals surface area (Å²) in [4.78, 5) is 40.6. The summed E-state index contributed by atoms with van der Waals surface area (Å²) >= 11 is 0. The van der Waals surface area contributed by atoms with Gasteiger partial charge in [-0.2, -0.15) is 0 Å². The Labute approximate surface area is 638 Å². The minimum atomic E-state index is 0.169. The highest BCUT2D eigenvalue weighted by atomic mass is 16.5. The molecule has 104 heavy (non-hydrogen) atoms. The average molecular weight is 1480 g/mol. The van der Waals surface area contributed by atoms with Crippen LogP contribution in [0.3, 0.4) is 0 Å². The first-order valence-electron chi connectivity index (χ1n) is 44.0. The lowest BCUT2D eigenvalue weighted by atomic mass is 10.1. The summed E-state index contributed by atoms with van der Waals surface area (Å²) in [5, 5.41) is 0. The fraction of sp³-hybridized carbons (Fsp3) is 0.976. The molecule has 0 radical (unpaired) electrons. The summed E-state index contributed by atoms with van der Waals surface area (Å²) < 4.78 is 71.9. The maximum absolute atomic E-state index is 13.4. The number of carbonyl (C=O) groups is 2. The Morgan fingerprint density at radius 1 is 0.183 bits per heavy atom. The van der Waals surface area contributed by atoms with Crippen LogP contribution in [-0.2, 0) is 66.4 Å². The number of carbonyl (C=O) groups excluding carboxylic acids is 2. The van der Waals surface area contributed by atoms with Gasteiger partial charge in [0.15, 0.2) is 0 Å². The van der Waals surface area contributed by atoms with Crippen LogP contribution in [0.5, 0.6) is 0 Å². The van der Waals surface area contributed by atoms with Crippen LogP contribution in [0.2, 0.25) is 0 Å². The van der Waals surface area contributed by atoms with Crippen molar-refractivity contribution in [1.29, 1.82) is 0 Å². The van der Waals surface area contributed by atoms with Gasteiger partial charge in [-0.1, -0.05) is 219 Å². The van der Waals surface area contributed by atoms with Crippen LogP contribution in [-0.4, -0.2) is 304 Å². The third kappa shape index (κ3) is 64.0. The average Bonchev–Trinajstić information content (AvgIpc) is 2.12. The van der Waals surface area contributed by atoms with E-state index < -0.39 is 0 Å². The second kappa shape index (κ2) is 78.0. The molecule has 0 saturated carbocycles. The zero-order valence-electron chi connectivity index (χ0n) is 68.0. The van der Waals surface area contributed by atoms with Gasteiger partial charge in [-0.3, -0.25) is 29.2 Å². The third-order valence-electron chi connectivity index (χ3n) is 20.8. The van der Waals surface area contributed by atoms with E-state index in [0.29, 0.717) is 145 Å². The summed E-state index contributed by atoms with van der Waals surface area (Å²) in [5.74, 6) is 0.338. The lowest BCUT2D eigenvalue weighted by Gasteiger charge is -2.24. The van der Waals surface area contributed by atoms with Crippen LogP contribution in [0.4, 0.5) is 0 Å². The third-order valence-corrected chi connectivity index (χ3v) is 20.8. The molecular formula is C84H166N6O14. The second-order valence-corrected chi connectivity index (χ2v) is 29.7. The number of ether oxygens (including phenoxy) is 12. The molecule has 0 N–H and O–H groups in total. The number of nitrogens with zero attached hydrogens (tertiary/aromatic N) is 6. The van der Waals surface area contributed by atoms with Crippen molar-refractivity contribution < 1.29 is 66.4 Å². The van der Waals surface area contributed by atoms with E-state index >= 15 is 0 Å². The molecule has 20 heteroatoms. The van der Waals surface area contributed by atoms with Crippen LogP contribution in [0.25, 0.3) is 0 Å². The van der Waals surface area contributed by atoms with Crippen LogP contribution < -0.4 is 0 Å². The molecule has 616 valence electrons. The van der Waals surface area contributed by atoms with Gasteiger partial charge in [-0.05, 0) is 64.7 Å².